The summed E-state index contributed by atoms with van der Waals surface area (Å²) < 4.78 is 0. The summed E-state index contributed by atoms with van der Waals surface area (Å²) in [7, 11) is 0. The predicted octanol–water partition coefficient (Wildman–Crippen LogP) is 3.77. The van der Waals surface area contributed by atoms with Crippen LogP contribution in [0.15, 0.2) is 66.7 Å². The number of para-hydroxylation sites is 1. The number of rotatable bonds is 4. The van der Waals surface area contributed by atoms with Crippen LogP contribution < -0.4 is 0 Å². The number of hydrogen-bond acceptors (Lipinski definition) is 3. The Morgan fingerprint density at radius 3 is 2.54 bits per heavy atom. The average molecular weight is 371 g/mol. The van der Waals surface area contributed by atoms with Gasteiger partial charge in [0.2, 0.25) is 0 Å². The Morgan fingerprint density at radius 1 is 0.929 bits per heavy atom. The van der Waals surface area contributed by atoms with Gasteiger partial charge in [-0.25, -0.2) is 4.98 Å². The van der Waals surface area contributed by atoms with E-state index < -0.39 is 0 Å². The summed E-state index contributed by atoms with van der Waals surface area (Å²) in [4.78, 5) is 22.7. The largest absolute Gasteiger partial charge is 0.331 e. The maximum Gasteiger partial charge on any atom is 0.272 e. The molecule has 0 spiro atoms. The van der Waals surface area contributed by atoms with Gasteiger partial charge in [-0.3, -0.25) is 9.69 Å². The normalized spacial score (nSPS) is 20.4. The second-order valence-electron chi connectivity index (χ2n) is 7.96. The molecule has 1 saturated carbocycles. The lowest BCUT2D eigenvalue weighted by molar-refractivity contribution is 0.0432. The Labute approximate surface area is 165 Å². The second-order valence-corrected chi connectivity index (χ2v) is 7.96. The summed E-state index contributed by atoms with van der Waals surface area (Å²) in [6, 6.07) is 23.3. The number of aromatic nitrogens is 1. The van der Waals surface area contributed by atoms with E-state index in [0.29, 0.717) is 5.69 Å². The van der Waals surface area contributed by atoms with E-state index in [-0.39, 0.29) is 11.9 Å². The second kappa shape index (κ2) is 7.36. The lowest BCUT2D eigenvalue weighted by Gasteiger charge is -2.41. The van der Waals surface area contributed by atoms with E-state index in [1.165, 1.54) is 18.4 Å². The number of hydrogen-bond donors (Lipinski definition) is 0. The molecule has 0 N–H and O–H groups in total. The highest BCUT2D eigenvalue weighted by Crippen LogP contribution is 2.30. The molecule has 4 heteroatoms. The molecule has 1 saturated heterocycles. The number of pyridine rings is 1. The lowest BCUT2D eigenvalue weighted by atomic mass is 10.0. The van der Waals surface area contributed by atoms with Gasteiger partial charge in [-0.1, -0.05) is 54.6 Å². The third-order valence-electron chi connectivity index (χ3n) is 5.97. The predicted molar refractivity (Wildman–Crippen MR) is 111 cm³/mol. The molecule has 0 bridgehead atoms. The number of amides is 1. The molecule has 2 heterocycles. The maximum absolute atomic E-state index is 13.4. The average Bonchev–Trinajstić information content (AvgIpc) is 3.59. The maximum atomic E-state index is 13.4. The van der Waals surface area contributed by atoms with Gasteiger partial charge in [-0.05, 0) is 37.0 Å². The SMILES string of the molecule is O=C(c1ccc2ccccc2n1)N1CCN(C2CC2)CC1Cc1ccccc1. The monoisotopic (exact) mass is 371 g/mol. The van der Waals surface area contributed by atoms with Crippen molar-refractivity contribution in [2.24, 2.45) is 0 Å². The summed E-state index contributed by atoms with van der Waals surface area (Å²) in [6.07, 6.45) is 3.50. The molecule has 0 radical (unpaired) electrons. The Balaban J connectivity index is 1.41. The fraction of sp³-hybridized carbons (Fsp3) is 0.333. The molecule has 28 heavy (non-hydrogen) atoms. The van der Waals surface area contributed by atoms with Crippen LogP contribution in [-0.2, 0) is 6.42 Å². The Kier molecular flexibility index (Phi) is 4.57. The van der Waals surface area contributed by atoms with Crippen molar-refractivity contribution in [1.82, 2.24) is 14.8 Å². The molecular formula is C24H25N3O. The summed E-state index contributed by atoms with van der Waals surface area (Å²) in [5.41, 5.74) is 2.72. The van der Waals surface area contributed by atoms with Gasteiger partial charge in [-0.15, -0.1) is 0 Å². The zero-order chi connectivity index (χ0) is 18.9. The quantitative estimate of drug-likeness (QED) is 0.701. The van der Waals surface area contributed by atoms with Crippen molar-refractivity contribution < 1.29 is 4.79 Å². The van der Waals surface area contributed by atoms with Crippen molar-refractivity contribution in [1.29, 1.82) is 0 Å². The molecule has 1 aliphatic heterocycles. The molecular weight excluding hydrogens is 346 g/mol. The van der Waals surface area contributed by atoms with E-state index in [9.17, 15) is 4.79 Å². The van der Waals surface area contributed by atoms with Gasteiger partial charge in [-0.2, -0.15) is 0 Å². The molecule has 1 atom stereocenters. The van der Waals surface area contributed by atoms with Crippen LogP contribution in [-0.4, -0.2) is 52.4 Å². The van der Waals surface area contributed by atoms with Gasteiger partial charge in [0.05, 0.1) is 5.52 Å². The summed E-state index contributed by atoms with van der Waals surface area (Å²) >= 11 is 0. The molecule has 1 aliphatic carbocycles. The third-order valence-corrected chi connectivity index (χ3v) is 5.97. The van der Waals surface area contributed by atoms with E-state index in [1.54, 1.807) is 0 Å². The van der Waals surface area contributed by atoms with Gasteiger partial charge in [0.1, 0.15) is 5.69 Å². The van der Waals surface area contributed by atoms with Crippen LogP contribution >= 0.6 is 0 Å². The molecule has 1 aromatic heterocycles. The fourth-order valence-electron chi connectivity index (χ4n) is 4.31. The summed E-state index contributed by atoms with van der Waals surface area (Å²) in [6.45, 7) is 2.70. The Bertz CT molecular complexity index is 983. The van der Waals surface area contributed by atoms with Crippen molar-refractivity contribution in [2.75, 3.05) is 19.6 Å². The molecule has 142 valence electrons. The highest BCUT2D eigenvalue weighted by atomic mass is 16.2. The minimum absolute atomic E-state index is 0.0575. The Hall–Kier alpha value is -2.72. The molecule has 2 aliphatic rings. The first-order valence-electron chi connectivity index (χ1n) is 10.2. The molecule has 5 rings (SSSR count). The first-order valence-corrected chi connectivity index (χ1v) is 10.2. The molecule has 1 unspecified atom stereocenters. The molecule has 3 aromatic rings. The number of carbonyl (C=O) groups excluding carboxylic acids is 1. The van der Waals surface area contributed by atoms with Gasteiger partial charge in [0, 0.05) is 37.1 Å². The van der Waals surface area contributed by atoms with Gasteiger partial charge >= 0.3 is 0 Å². The van der Waals surface area contributed by atoms with Crippen molar-refractivity contribution in [3.63, 3.8) is 0 Å². The van der Waals surface area contributed by atoms with Crippen LogP contribution in [0.1, 0.15) is 28.9 Å². The molecule has 2 aromatic carbocycles. The molecule has 2 fully saturated rings. The van der Waals surface area contributed by atoms with Gasteiger partial charge in [0.25, 0.3) is 5.91 Å². The topological polar surface area (TPSA) is 36.4 Å². The number of fused-ring (bicyclic) bond motifs is 1. The standard InChI is InChI=1S/C24H25N3O/c28-24(23-13-10-19-8-4-5-9-22(19)25-23)27-15-14-26(20-11-12-20)17-21(27)16-18-6-2-1-3-7-18/h1-10,13,20-21H,11-12,14-17H2. The van der Waals surface area contributed by atoms with Crippen LogP contribution in [0, 0.1) is 0 Å². The van der Waals surface area contributed by atoms with Crippen molar-refractivity contribution in [3.05, 3.63) is 78.0 Å². The van der Waals surface area contributed by atoms with E-state index in [1.807, 2.05) is 42.5 Å². The Morgan fingerprint density at radius 2 is 1.71 bits per heavy atom. The number of benzene rings is 2. The van der Waals surface area contributed by atoms with Crippen molar-refractivity contribution in [3.8, 4) is 0 Å². The van der Waals surface area contributed by atoms with E-state index in [4.69, 9.17) is 0 Å². The van der Waals surface area contributed by atoms with Gasteiger partial charge < -0.3 is 4.90 Å². The van der Waals surface area contributed by atoms with Crippen LogP contribution in [0.3, 0.4) is 0 Å². The minimum atomic E-state index is 0.0575. The van der Waals surface area contributed by atoms with Crippen molar-refractivity contribution >= 4 is 16.8 Å². The highest BCUT2D eigenvalue weighted by molar-refractivity contribution is 5.95. The number of piperazine rings is 1. The summed E-state index contributed by atoms with van der Waals surface area (Å²) in [5.74, 6) is 0.0575. The molecule has 1 amide bonds. The van der Waals surface area contributed by atoms with Crippen LogP contribution in [0.25, 0.3) is 10.9 Å². The first-order chi connectivity index (χ1) is 13.8. The smallest absolute Gasteiger partial charge is 0.272 e. The summed E-state index contributed by atoms with van der Waals surface area (Å²) in [5, 5.41) is 1.07. The van der Waals surface area contributed by atoms with E-state index in [0.717, 1.165) is 43.0 Å². The van der Waals surface area contributed by atoms with E-state index >= 15 is 0 Å². The van der Waals surface area contributed by atoms with Crippen LogP contribution in [0.2, 0.25) is 0 Å². The highest BCUT2D eigenvalue weighted by Gasteiger charge is 2.37. The lowest BCUT2D eigenvalue weighted by Crippen LogP contribution is -2.56. The van der Waals surface area contributed by atoms with Crippen molar-refractivity contribution in [2.45, 2.75) is 31.3 Å². The molecule has 4 nitrogen and oxygen atoms in total. The van der Waals surface area contributed by atoms with Crippen LogP contribution in [0.4, 0.5) is 0 Å². The zero-order valence-electron chi connectivity index (χ0n) is 16.0. The van der Waals surface area contributed by atoms with Crippen LogP contribution in [0.5, 0.6) is 0 Å². The fourth-order valence-corrected chi connectivity index (χ4v) is 4.31. The van der Waals surface area contributed by atoms with Gasteiger partial charge in [0.15, 0.2) is 0 Å². The first kappa shape index (κ1) is 17.4. The number of nitrogens with zero attached hydrogens (tertiary/aromatic N) is 3. The minimum Gasteiger partial charge on any atom is -0.331 e. The van der Waals surface area contributed by atoms with E-state index in [2.05, 4.69) is 39.0 Å². The zero-order valence-corrected chi connectivity index (χ0v) is 16.0. The third kappa shape index (κ3) is 3.52. The number of carbonyl (C=O) groups is 1.